The Hall–Kier alpha value is -3.90. The molecule has 1 atom stereocenters. The average molecular weight is 666 g/mol. The Morgan fingerprint density at radius 3 is 2.67 bits per heavy atom. The molecule has 3 aromatic carbocycles. The number of nitrogens with zero attached hydrogens (tertiary/aromatic N) is 2. The highest BCUT2D eigenvalue weighted by atomic mass is 127. The third-order valence-electron chi connectivity index (χ3n) is 6.56. The van der Waals surface area contributed by atoms with E-state index < -0.39 is 12.0 Å². The Balaban J connectivity index is 1.62. The number of carbonyl (C=O) groups excluding carboxylic acids is 1. The average Bonchev–Trinajstić information content (AvgIpc) is 3.56. The molecule has 0 fully saturated rings. The molecule has 40 heavy (non-hydrogen) atoms. The van der Waals surface area contributed by atoms with E-state index in [0.717, 1.165) is 20.4 Å². The van der Waals surface area contributed by atoms with Crippen molar-refractivity contribution in [2.45, 2.75) is 13.0 Å². The van der Waals surface area contributed by atoms with Gasteiger partial charge >= 0.3 is 5.97 Å². The van der Waals surface area contributed by atoms with E-state index in [2.05, 4.69) is 22.6 Å². The van der Waals surface area contributed by atoms with Gasteiger partial charge in [-0.25, -0.2) is 9.79 Å². The smallest absolute Gasteiger partial charge is 0.338 e. The summed E-state index contributed by atoms with van der Waals surface area (Å²) in [5.41, 5.74) is 2.77. The maximum absolute atomic E-state index is 14.0. The number of ether oxygens (including phenoxy) is 4. The molecule has 0 saturated heterocycles. The van der Waals surface area contributed by atoms with Crippen molar-refractivity contribution in [3.05, 3.63) is 112 Å². The van der Waals surface area contributed by atoms with E-state index in [1.165, 1.54) is 11.3 Å². The molecule has 0 bridgehead atoms. The van der Waals surface area contributed by atoms with Crippen LogP contribution < -0.4 is 29.1 Å². The summed E-state index contributed by atoms with van der Waals surface area (Å²) in [6.45, 7) is 2.04. The Bertz CT molecular complexity index is 1840. The van der Waals surface area contributed by atoms with E-state index in [-0.39, 0.29) is 24.5 Å². The van der Waals surface area contributed by atoms with Crippen molar-refractivity contribution in [1.82, 2.24) is 4.57 Å². The minimum absolute atomic E-state index is 0.109. The number of methoxy groups -OCH3 is 1. The largest absolute Gasteiger partial charge is 0.496 e. The molecular weight excluding hydrogens is 643 g/mol. The lowest BCUT2D eigenvalue weighted by atomic mass is 9.93. The highest BCUT2D eigenvalue weighted by Gasteiger charge is 2.36. The fourth-order valence-corrected chi connectivity index (χ4v) is 6.52. The Morgan fingerprint density at radius 1 is 1.12 bits per heavy atom. The molecule has 0 N–H and O–H groups in total. The Kier molecular flexibility index (Phi) is 7.20. The van der Waals surface area contributed by atoms with Crippen LogP contribution >= 0.6 is 33.9 Å². The van der Waals surface area contributed by atoms with Gasteiger partial charge in [0.05, 0.1) is 39.1 Å². The molecule has 6 rings (SSSR count). The molecule has 0 radical (unpaired) electrons. The van der Waals surface area contributed by atoms with Crippen LogP contribution in [-0.2, 0) is 9.53 Å². The van der Waals surface area contributed by atoms with Gasteiger partial charge in [0, 0.05) is 5.56 Å². The van der Waals surface area contributed by atoms with Gasteiger partial charge < -0.3 is 18.9 Å². The van der Waals surface area contributed by atoms with Crippen LogP contribution in [0.2, 0.25) is 0 Å². The number of benzene rings is 3. The minimum Gasteiger partial charge on any atom is -0.496 e. The predicted octanol–water partition coefficient (Wildman–Crippen LogP) is 4.28. The van der Waals surface area contributed by atoms with Crippen LogP contribution in [0.4, 0.5) is 0 Å². The van der Waals surface area contributed by atoms with Crippen molar-refractivity contribution in [3.8, 4) is 17.2 Å². The van der Waals surface area contributed by atoms with Crippen LogP contribution in [0.1, 0.15) is 29.7 Å². The summed E-state index contributed by atoms with van der Waals surface area (Å²) < 4.78 is 25.0. The lowest BCUT2D eigenvalue weighted by Gasteiger charge is -2.26. The topological polar surface area (TPSA) is 88.4 Å². The molecule has 1 unspecified atom stereocenters. The summed E-state index contributed by atoms with van der Waals surface area (Å²) in [6, 6.07) is 19.8. The van der Waals surface area contributed by atoms with E-state index in [0.29, 0.717) is 32.1 Å². The lowest BCUT2D eigenvalue weighted by Crippen LogP contribution is -2.40. The predicted molar refractivity (Wildman–Crippen MR) is 159 cm³/mol. The van der Waals surface area contributed by atoms with Gasteiger partial charge in [-0.15, -0.1) is 0 Å². The number of carbonyl (C=O) groups is 1. The van der Waals surface area contributed by atoms with Gasteiger partial charge in [-0.05, 0) is 71.0 Å². The van der Waals surface area contributed by atoms with Crippen molar-refractivity contribution in [2.24, 2.45) is 4.99 Å². The van der Waals surface area contributed by atoms with Crippen molar-refractivity contribution < 1.29 is 23.7 Å². The molecule has 8 nitrogen and oxygen atoms in total. The zero-order valence-electron chi connectivity index (χ0n) is 21.5. The van der Waals surface area contributed by atoms with E-state index in [1.54, 1.807) is 24.7 Å². The van der Waals surface area contributed by atoms with Gasteiger partial charge in [-0.3, -0.25) is 9.36 Å². The summed E-state index contributed by atoms with van der Waals surface area (Å²) in [4.78, 5) is 33.0. The highest BCUT2D eigenvalue weighted by Crippen LogP contribution is 2.40. The van der Waals surface area contributed by atoms with Crippen molar-refractivity contribution in [1.29, 1.82) is 0 Å². The van der Waals surface area contributed by atoms with Gasteiger partial charge in [0.25, 0.3) is 5.56 Å². The maximum atomic E-state index is 14.0. The molecule has 0 spiro atoms. The zero-order valence-corrected chi connectivity index (χ0v) is 24.5. The minimum atomic E-state index is -0.793. The molecule has 0 saturated carbocycles. The zero-order chi connectivity index (χ0) is 27.8. The standard InChI is InChI=1S/C30H23IN2O6S/c1-3-37-29(35)25-26(18-7-5-4-6-8-18)32-30-33(27(25)19-10-12-22-23(15-19)39-16-38-22)28(34)24(40-30)14-17-9-11-21(36-2)20(31)13-17/h4-15,27H,3,16H2,1-2H3/b24-14+. The van der Waals surface area contributed by atoms with Crippen molar-refractivity contribution in [3.63, 3.8) is 0 Å². The van der Waals surface area contributed by atoms with Crippen molar-refractivity contribution in [2.75, 3.05) is 20.5 Å². The van der Waals surface area contributed by atoms with Gasteiger partial charge in [-0.1, -0.05) is 53.8 Å². The number of halogens is 1. The first-order valence-corrected chi connectivity index (χ1v) is 14.4. The fourth-order valence-electron chi connectivity index (χ4n) is 4.76. The molecule has 202 valence electrons. The van der Waals surface area contributed by atoms with Crippen LogP contribution in [-0.4, -0.2) is 31.0 Å². The second-order valence-corrected chi connectivity index (χ2v) is 11.1. The molecule has 10 heteroatoms. The van der Waals surface area contributed by atoms with Crippen LogP contribution in [0.25, 0.3) is 11.8 Å². The fraction of sp³-hybridized carbons (Fsp3) is 0.167. The maximum Gasteiger partial charge on any atom is 0.338 e. The lowest BCUT2D eigenvalue weighted by molar-refractivity contribution is -0.138. The van der Waals surface area contributed by atoms with Gasteiger partial charge in [-0.2, -0.15) is 0 Å². The van der Waals surface area contributed by atoms with E-state index >= 15 is 0 Å². The normalized spacial score (nSPS) is 16.0. The summed E-state index contributed by atoms with van der Waals surface area (Å²) in [6.07, 6.45) is 1.83. The first-order chi connectivity index (χ1) is 19.5. The highest BCUT2D eigenvalue weighted by molar-refractivity contribution is 14.1. The Morgan fingerprint density at radius 2 is 1.93 bits per heavy atom. The van der Waals surface area contributed by atoms with Crippen LogP contribution in [0.15, 0.2) is 82.1 Å². The summed E-state index contributed by atoms with van der Waals surface area (Å²) in [7, 11) is 1.62. The monoisotopic (exact) mass is 666 g/mol. The number of hydrogen-bond acceptors (Lipinski definition) is 8. The van der Waals surface area contributed by atoms with Gasteiger partial charge in [0.15, 0.2) is 16.3 Å². The molecule has 2 aliphatic rings. The molecule has 2 aliphatic heterocycles. The SMILES string of the molecule is CCOC(=O)C1=C(c2ccccc2)N=c2s/c(=C/c3ccc(OC)c(I)c3)c(=O)n2C1c1ccc2c(c1)OCO2. The number of thiazole rings is 1. The molecule has 1 aromatic heterocycles. The Labute approximate surface area is 247 Å². The first kappa shape index (κ1) is 26.3. The third-order valence-corrected chi connectivity index (χ3v) is 8.39. The first-order valence-electron chi connectivity index (χ1n) is 12.5. The quantitative estimate of drug-likeness (QED) is 0.226. The van der Waals surface area contributed by atoms with E-state index in [1.807, 2.05) is 66.7 Å². The molecule has 4 aromatic rings. The summed E-state index contributed by atoms with van der Waals surface area (Å²) in [5.74, 6) is 1.38. The summed E-state index contributed by atoms with van der Waals surface area (Å²) in [5, 5.41) is 0. The van der Waals surface area contributed by atoms with E-state index in [4.69, 9.17) is 23.9 Å². The van der Waals surface area contributed by atoms with Crippen LogP contribution in [0, 0.1) is 3.57 Å². The van der Waals surface area contributed by atoms with Crippen LogP contribution in [0.5, 0.6) is 17.2 Å². The number of aromatic nitrogens is 1. The second kappa shape index (κ2) is 10.9. The number of hydrogen-bond donors (Lipinski definition) is 0. The molecule has 3 heterocycles. The van der Waals surface area contributed by atoms with Gasteiger partial charge in [0.1, 0.15) is 5.75 Å². The van der Waals surface area contributed by atoms with Crippen LogP contribution in [0.3, 0.4) is 0 Å². The molecule has 0 aliphatic carbocycles. The summed E-state index contributed by atoms with van der Waals surface area (Å²) >= 11 is 3.48. The van der Waals surface area contributed by atoms with E-state index in [9.17, 15) is 9.59 Å². The number of fused-ring (bicyclic) bond motifs is 2. The second-order valence-electron chi connectivity index (χ2n) is 8.94. The number of esters is 1. The number of rotatable bonds is 6. The molecular formula is C30H23IN2O6S. The third kappa shape index (κ3) is 4.71. The van der Waals surface area contributed by atoms with Crippen molar-refractivity contribution >= 4 is 51.7 Å². The van der Waals surface area contributed by atoms with Gasteiger partial charge in [0.2, 0.25) is 6.79 Å². The molecule has 0 amide bonds.